The number of fused-ring (bicyclic) bond motifs is 1. The molecular weight excluding hydrogens is 228 g/mol. The molecule has 0 bridgehead atoms. The third-order valence-corrected chi connectivity index (χ3v) is 3.70. The van der Waals surface area contributed by atoms with Gasteiger partial charge in [-0.1, -0.05) is 18.2 Å². The van der Waals surface area contributed by atoms with E-state index in [0.29, 0.717) is 0 Å². The molecule has 3 rings (SSSR count). The van der Waals surface area contributed by atoms with Crippen LogP contribution in [0.4, 0.5) is 5.82 Å². The molecule has 1 aromatic heterocycles. The van der Waals surface area contributed by atoms with Crippen LogP contribution in [-0.2, 0) is 4.79 Å². The Morgan fingerprint density at radius 2 is 2.00 bits per heavy atom. The van der Waals surface area contributed by atoms with Crippen molar-refractivity contribution in [1.29, 1.82) is 0 Å². The van der Waals surface area contributed by atoms with Gasteiger partial charge in [-0.05, 0) is 25.0 Å². The van der Waals surface area contributed by atoms with Gasteiger partial charge in [-0.3, -0.25) is 4.79 Å². The van der Waals surface area contributed by atoms with Gasteiger partial charge in [-0.15, -0.1) is 0 Å². The average molecular weight is 244 g/mol. The first kappa shape index (κ1) is 11.1. The quantitative estimate of drug-likeness (QED) is 0.853. The van der Waals surface area contributed by atoms with Crippen LogP contribution in [0.2, 0.25) is 0 Å². The zero-order valence-electron chi connectivity index (χ0n) is 10.1. The summed E-state index contributed by atoms with van der Waals surface area (Å²) < 4.78 is 0. The molecule has 0 aliphatic carbocycles. The summed E-state index contributed by atoms with van der Waals surface area (Å²) in [6, 6.07) is 10.3. The maximum absolute atomic E-state index is 10.9. The zero-order valence-corrected chi connectivity index (χ0v) is 10.1. The van der Waals surface area contributed by atoms with Crippen LogP contribution < -0.4 is 4.90 Å². The summed E-state index contributed by atoms with van der Waals surface area (Å²) in [5.41, 5.74) is 1.13. The minimum absolute atomic E-state index is 0.175. The Morgan fingerprint density at radius 3 is 2.67 bits per heavy atom. The molecule has 18 heavy (non-hydrogen) atoms. The number of anilines is 1. The fourth-order valence-electron chi connectivity index (χ4n) is 2.60. The summed E-state index contributed by atoms with van der Waals surface area (Å²) in [5, 5.41) is 10.2. The van der Waals surface area contributed by atoms with E-state index in [9.17, 15) is 4.79 Å². The van der Waals surface area contributed by atoms with Crippen molar-refractivity contribution < 1.29 is 9.90 Å². The monoisotopic (exact) mass is 244 g/mol. The van der Waals surface area contributed by atoms with E-state index in [0.717, 1.165) is 37.3 Å². The number of benzene rings is 1. The van der Waals surface area contributed by atoms with Gasteiger partial charge in [-0.25, -0.2) is 0 Å². The van der Waals surface area contributed by atoms with Gasteiger partial charge in [0, 0.05) is 24.0 Å². The number of carbonyl (C=O) groups is 1. The molecule has 94 valence electrons. The maximum Gasteiger partial charge on any atom is 0.306 e. The van der Waals surface area contributed by atoms with Crippen LogP contribution in [0.25, 0.3) is 10.9 Å². The Labute approximate surface area is 105 Å². The van der Waals surface area contributed by atoms with Crippen molar-refractivity contribution in [3.05, 3.63) is 30.3 Å². The minimum atomic E-state index is -0.661. The molecule has 1 aliphatic rings. The highest BCUT2D eigenvalue weighted by Crippen LogP contribution is 2.26. The van der Waals surface area contributed by atoms with Gasteiger partial charge in [0.15, 0.2) is 0 Å². The first-order chi connectivity index (χ1) is 8.74. The third-order valence-electron chi connectivity index (χ3n) is 3.70. The average Bonchev–Trinajstić information content (AvgIpc) is 2.82. The normalized spacial score (nSPS) is 17.2. The van der Waals surface area contributed by atoms with Gasteiger partial charge >= 0.3 is 5.97 Å². The summed E-state index contributed by atoms with van der Waals surface area (Å²) in [4.78, 5) is 16.5. The summed E-state index contributed by atoms with van der Waals surface area (Å²) in [7, 11) is 0. The number of aromatic nitrogens is 1. The predicted octanol–water partition coefficient (Wildman–Crippen LogP) is 2.47. The van der Waals surface area contributed by atoms with Gasteiger partial charge < -0.3 is 15.0 Å². The van der Waals surface area contributed by atoms with E-state index in [1.807, 2.05) is 12.1 Å². The molecule has 0 saturated carbocycles. The molecule has 4 nitrogen and oxygen atoms in total. The standard InChI is InChI=1S/C14H16N2O2/c17-14(18)10-5-7-16(8-6-10)13-9-11-3-1-2-4-12(11)15-13/h1-4,9-10,15H,5-8H2,(H,17,18). The summed E-state index contributed by atoms with van der Waals surface area (Å²) in [5.74, 6) is 0.261. The highest BCUT2D eigenvalue weighted by Gasteiger charge is 2.25. The van der Waals surface area contributed by atoms with Crippen molar-refractivity contribution in [2.24, 2.45) is 5.92 Å². The molecule has 1 aliphatic heterocycles. The number of hydrogen-bond donors (Lipinski definition) is 2. The van der Waals surface area contributed by atoms with Crippen LogP contribution in [-0.4, -0.2) is 29.1 Å². The fourth-order valence-corrected chi connectivity index (χ4v) is 2.60. The number of aromatic amines is 1. The molecule has 1 saturated heterocycles. The van der Waals surface area contributed by atoms with E-state index < -0.39 is 5.97 Å². The van der Waals surface area contributed by atoms with Gasteiger partial charge in [0.2, 0.25) is 0 Å². The minimum Gasteiger partial charge on any atom is -0.481 e. The smallest absolute Gasteiger partial charge is 0.306 e. The number of nitrogens with one attached hydrogen (secondary N) is 1. The molecule has 2 heterocycles. The van der Waals surface area contributed by atoms with Crippen LogP contribution in [0.15, 0.2) is 30.3 Å². The van der Waals surface area contributed by atoms with E-state index >= 15 is 0 Å². The molecule has 2 N–H and O–H groups in total. The molecule has 0 unspecified atom stereocenters. The van der Waals surface area contributed by atoms with Crippen LogP contribution in [0.5, 0.6) is 0 Å². The molecule has 1 fully saturated rings. The molecule has 0 radical (unpaired) electrons. The molecule has 2 aromatic rings. The second-order valence-corrected chi connectivity index (χ2v) is 4.84. The zero-order chi connectivity index (χ0) is 12.5. The van der Waals surface area contributed by atoms with Crippen LogP contribution >= 0.6 is 0 Å². The Kier molecular flexibility index (Phi) is 2.70. The van der Waals surface area contributed by atoms with E-state index in [-0.39, 0.29) is 5.92 Å². The van der Waals surface area contributed by atoms with Gasteiger partial charge in [0.1, 0.15) is 5.82 Å². The Balaban J connectivity index is 1.78. The van der Waals surface area contributed by atoms with E-state index in [2.05, 4.69) is 28.1 Å². The Hall–Kier alpha value is -1.97. The lowest BCUT2D eigenvalue weighted by Gasteiger charge is -2.30. The number of nitrogens with zero attached hydrogens (tertiary/aromatic N) is 1. The largest absolute Gasteiger partial charge is 0.481 e. The molecule has 0 amide bonds. The number of aliphatic carboxylic acids is 1. The summed E-state index contributed by atoms with van der Waals surface area (Å²) in [6.45, 7) is 1.62. The highest BCUT2D eigenvalue weighted by molar-refractivity contribution is 5.84. The first-order valence-corrected chi connectivity index (χ1v) is 6.29. The van der Waals surface area contributed by atoms with Crippen molar-refractivity contribution >= 4 is 22.7 Å². The fraction of sp³-hybridized carbons (Fsp3) is 0.357. The van der Waals surface area contributed by atoms with E-state index in [4.69, 9.17) is 5.11 Å². The predicted molar refractivity (Wildman–Crippen MR) is 70.9 cm³/mol. The summed E-state index contributed by atoms with van der Waals surface area (Å²) in [6.07, 6.45) is 1.45. The molecule has 1 aromatic carbocycles. The maximum atomic E-state index is 10.9. The highest BCUT2D eigenvalue weighted by atomic mass is 16.4. The summed E-state index contributed by atoms with van der Waals surface area (Å²) >= 11 is 0. The van der Waals surface area contributed by atoms with Crippen LogP contribution in [0, 0.1) is 5.92 Å². The van der Waals surface area contributed by atoms with Crippen molar-refractivity contribution in [3.8, 4) is 0 Å². The number of H-pyrrole nitrogens is 1. The molecular formula is C14H16N2O2. The van der Waals surface area contributed by atoms with Gasteiger partial charge in [0.25, 0.3) is 0 Å². The van der Waals surface area contributed by atoms with Crippen molar-refractivity contribution in [2.75, 3.05) is 18.0 Å². The topological polar surface area (TPSA) is 56.3 Å². The number of rotatable bonds is 2. The number of para-hydroxylation sites is 1. The number of carboxylic acid groups (broad SMARTS) is 1. The SMILES string of the molecule is O=C(O)C1CCN(c2cc3ccccc3[nH]2)CC1. The second-order valence-electron chi connectivity index (χ2n) is 4.84. The lowest BCUT2D eigenvalue weighted by molar-refractivity contribution is -0.142. The van der Waals surface area contributed by atoms with Crippen molar-refractivity contribution in [3.63, 3.8) is 0 Å². The third kappa shape index (κ3) is 1.94. The lowest BCUT2D eigenvalue weighted by atomic mass is 9.97. The Bertz CT molecular complexity index is 535. The number of hydrogen-bond acceptors (Lipinski definition) is 2. The molecule has 0 atom stereocenters. The Morgan fingerprint density at radius 1 is 1.28 bits per heavy atom. The van der Waals surface area contributed by atoms with Gasteiger partial charge in [0.05, 0.1) is 5.92 Å². The molecule has 4 heteroatoms. The lowest BCUT2D eigenvalue weighted by Crippen LogP contribution is -2.36. The molecule has 0 spiro atoms. The first-order valence-electron chi connectivity index (χ1n) is 6.29. The van der Waals surface area contributed by atoms with E-state index in [1.54, 1.807) is 0 Å². The van der Waals surface area contributed by atoms with Crippen LogP contribution in [0.1, 0.15) is 12.8 Å². The van der Waals surface area contributed by atoms with Crippen molar-refractivity contribution in [1.82, 2.24) is 4.98 Å². The van der Waals surface area contributed by atoms with Crippen LogP contribution in [0.3, 0.4) is 0 Å². The second kappa shape index (κ2) is 4.37. The van der Waals surface area contributed by atoms with Gasteiger partial charge in [-0.2, -0.15) is 0 Å². The van der Waals surface area contributed by atoms with Crippen molar-refractivity contribution in [2.45, 2.75) is 12.8 Å². The number of carboxylic acids is 1. The van der Waals surface area contributed by atoms with E-state index in [1.165, 1.54) is 5.39 Å². The number of piperidine rings is 1.